The molecule has 0 aromatic heterocycles. The average molecular weight is 290 g/mol. The van der Waals surface area contributed by atoms with Gasteiger partial charge in [0.05, 0.1) is 16.3 Å². The number of carbonyl (C=O) groups is 3. The maximum absolute atomic E-state index is 11.1. The highest BCUT2D eigenvalue weighted by molar-refractivity contribution is 6.68. The lowest BCUT2D eigenvalue weighted by Gasteiger charge is -2.12. The summed E-state index contributed by atoms with van der Waals surface area (Å²) in [5.74, 6) is -1.11. The molecule has 0 radical (unpaired) electrons. The molecule has 0 aliphatic heterocycles. The lowest BCUT2D eigenvalue weighted by Crippen LogP contribution is -2.11. The number of ether oxygens (including phenoxy) is 1. The molecule has 0 fully saturated rings. The normalized spacial score (nSPS) is 9.78. The second-order valence-corrected chi connectivity index (χ2v) is 4.07. The number of esters is 1. The molecule has 1 N–H and O–H groups in total. The van der Waals surface area contributed by atoms with E-state index in [0.29, 0.717) is 0 Å². The average Bonchev–Trinajstić information content (AvgIpc) is 2.21. The molecule has 0 atom stereocenters. The second kappa shape index (κ2) is 5.84. The number of benzene rings is 1. The smallest absolute Gasteiger partial charge is 0.308 e. The van der Waals surface area contributed by atoms with Gasteiger partial charge in [0, 0.05) is 13.8 Å². The molecular weight excluding hydrogens is 281 g/mol. The van der Waals surface area contributed by atoms with Crippen LogP contribution in [0.15, 0.2) is 12.1 Å². The molecule has 0 saturated heterocycles. The Kier molecular flexibility index (Phi) is 4.69. The van der Waals surface area contributed by atoms with E-state index in [1.165, 1.54) is 26.0 Å². The summed E-state index contributed by atoms with van der Waals surface area (Å²) in [6.45, 7) is 2.45. The lowest BCUT2D eigenvalue weighted by molar-refractivity contribution is -0.131. The summed E-state index contributed by atoms with van der Waals surface area (Å²) in [7, 11) is 0. The largest absolute Gasteiger partial charge is 0.423 e. The van der Waals surface area contributed by atoms with E-state index < -0.39 is 11.2 Å². The zero-order chi connectivity index (χ0) is 13.9. The van der Waals surface area contributed by atoms with Crippen LogP contribution in [-0.2, 0) is 9.59 Å². The number of hydrogen-bond donors (Lipinski definition) is 1. The van der Waals surface area contributed by atoms with Crippen LogP contribution in [0, 0.1) is 0 Å². The summed E-state index contributed by atoms with van der Waals surface area (Å²) in [5.41, 5.74) is 0.174. The van der Waals surface area contributed by atoms with Crippen molar-refractivity contribution >= 4 is 46.0 Å². The Labute approximate surface area is 113 Å². The van der Waals surface area contributed by atoms with Gasteiger partial charge in [0.25, 0.3) is 5.24 Å². The van der Waals surface area contributed by atoms with Crippen LogP contribution in [0.5, 0.6) is 5.75 Å². The van der Waals surface area contributed by atoms with E-state index in [0.717, 1.165) is 0 Å². The van der Waals surface area contributed by atoms with Gasteiger partial charge in [0.2, 0.25) is 5.91 Å². The lowest BCUT2D eigenvalue weighted by atomic mass is 10.2. The number of amides is 1. The quantitative estimate of drug-likeness (QED) is 0.527. The highest BCUT2D eigenvalue weighted by Gasteiger charge is 2.18. The number of carbonyl (C=O) groups excluding carboxylic acids is 3. The molecule has 0 bridgehead atoms. The number of nitrogens with one attached hydrogen (secondary N) is 1. The molecule has 96 valence electrons. The van der Waals surface area contributed by atoms with Crippen LogP contribution >= 0.6 is 23.2 Å². The first-order valence-electron chi connectivity index (χ1n) is 4.81. The van der Waals surface area contributed by atoms with Gasteiger partial charge in [-0.05, 0) is 23.7 Å². The molecule has 1 aromatic carbocycles. The molecule has 0 heterocycles. The molecular formula is C11H9Cl2NO4. The van der Waals surface area contributed by atoms with Crippen molar-refractivity contribution in [2.75, 3.05) is 5.32 Å². The Bertz CT molecular complexity index is 528. The molecule has 1 amide bonds. The molecule has 0 unspecified atom stereocenters. The summed E-state index contributed by atoms with van der Waals surface area (Å²) >= 11 is 11.2. The van der Waals surface area contributed by atoms with Gasteiger partial charge < -0.3 is 10.1 Å². The third kappa shape index (κ3) is 3.45. The zero-order valence-corrected chi connectivity index (χ0v) is 11.1. The van der Waals surface area contributed by atoms with Crippen molar-refractivity contribution in [2.45, 2.75) is 13.8 Å². The van der Waals surface area contributed by atoms with Crippen LogP contribution in [0.1, 0.15) is 24.2 Å². The van der Waals surface area contributed by atoms with E-state index >= 15 is 0 Å². The van der Waals surface area contributed by atoms with Crippen LogP contribution in [0.25, 0.3) is 0 Å². The first-order chi connectivity index (χ1) is 8.32. The molecule has 7 heteroatoms. The van der Waals surface area contributed by atoms with Crippen molar-refractivity contribution in [3.05, 3.63) is 22.7 Å². The summed E-state index contributed by atoms with van der Waals surface area (Å²) in [4.78, 5) is 33.1. The van der Waals surface area contributed by atoms with Crippen LogP contribution in [0.3, 0.4) is 0 Å². The second-order valence-electron chi connectivity index (χ2n) is 3.35. The fourth-order valence-electron chi connectivity index (χ4n) is 1.24. The third-order valence-corrected chi connectivity index (χ3v) is 2.44. The molecule has 0 aliphatic carbocycles. The zero-order valence-electron chi connectivity index (χ0n) is 9.54. The van der Waals surface area contributed by atoms with Crippen molar-refractivity contribution in [3.8, 4) is 5.75 Å². The predicted octanol–water partition coefficient (Wildman–Crippen LogP) is 2.60. The van der Waals surface area contributed by atoms with Gasteiger partial charge in [-0.2, -0.15) is 0 Å². The molecule has 1 aromatic rings. The van der Waals surface area contributed by atoms with E-state index in [1.807, 2.05) is 0 Å². The predicted molar refractivity (Wildman–Crippen MR) is 67.2 cm³/mol. The minimum absolute atomic E-state index is 0.0105. The van der Waals surface area contributed by atoms with Crippen molar-refractivity contribution in [2.24, 2.45) is 0 Å². The first kappa shape index (κ1) is 14.5. The van der Waals surface area contributed by atoms with Crippen molar-refractivity contribution in [1.82, 2.24) is 0 Å². The Hall–Kier alpha value is -1.59. The number of halogens is 2. The van der Waals surface area contributed by atoms with E-state index in [9.17, 15) is 14.4 Å². The molecule has 0 spiro atoms. The minimum Gasteiger partial charge on any atom is -0.423 e. The van der Waals surface area contributed by atoms with Gasteiger partial charge in [-0.3, -0.25) is 14.4 Å². The SMILES string of the molecule is CC(=O)Nc1ccc(C(=O)Cl)c(Cl)c1OC(C)=O. The van der Waals surface area contributed by atoms with Crippen molar-refractivity contribution in [1.29, 1.82) is 0 Å². The fraction of sp³-hybridized carbons (Fsp3) is 0.182. The highest BCUT2D eigenvalue weighted by atomic mass is 35.5. The first-order valence-corrected chi connectivity index (χ1v) is 5.57. The standard InChI is InChI=1S/C11H9Cl2NO4/c1-5(15)14-8-4-3-7(11(13)17)9(12)10(8)18-6(2)16/h3-4H,1-2H3,(H,14,15). The topological polar surface area (TPSA) is 72.5 Å². The van der Waals surface area contributed by atoms with Gasteiger partial charge in [0.15, 0.2) is 5.75 Å². The van der Waals surface area contributed by atoms with E-state index in [4.69, 9.17) is 27.9 Å². The van der Waals surface area contributed by atoms with E-state index in [1.54, 1.807) is 0 Å². The fourth-order valence-corrected chi connectivity index (χ4v) is 1.73. The van der Waals surface area contributed by atoms with Crippen molar-refractivity contribution < 1.29 is 19.1 Å². The van der Waals surface area contributed by atoms with Gasteiger partial charge in [0.1, 0.15) is 0 Å². The molecule has 0 saturated carbocycles. The van der Waals surface area contributed by atoms with Crippen molar-refractivity contribution in [3.63, 3.8) is 0 Å². The summed E-state index contributed by atoms with van der Waals surface area (Å²) in [6, 6.07) is 2.71. The van der Waals surface area contributed by atoms with Crippen LogP contribution in [-0.4, -0.2) is 17.1 Å². The Morgan fingerprint density at radius 2 is 1.83 bits per heavy atom. The van der Waals surface area contributed by atoms with E-state index in [2.05, 4.69) is 5.32 Å². The minimum atomic E-state index is -0.789. The number of hydrogen-bond acceptors (Lipinski definition) is 4. The van der Waals surface area contributed by atoms with Crippen LogP contribution in [0.2, 0.25) is 5.02 Å². The maximum Gasteiger partial charge on any atom is 0.308 e. The van der Waals surface area contributed by atoms with Gasteiger partial charge in [-0.15, -0.1) is 0 Å². The Morgan fingerprint density at radius 3 is 2.28 bits per heavy atom. The number of anilines is 1. The van der Waals surface area contributed by atoms with Gasteiger partial charge in [-0.1, -0.05) is 11.6 Å². The van der Waals surface area contributed by atoms with Crippen LogP contribution in [0.4, 0.5) is 5.69 Å². The monoisotopic (exact) mass is 289 g/mol. The molecule has 5 nitrogen and oxygen atoms in total. The molecule has 0 aliphatic rings. The molecule has 1 rings (SSSR count). The summed E-state index contributed by atoms with van der Waals surface area (Å²) < 4.78 is 4.87. The Morgan fingerprint density at radius 1 is 1.22 bits per heavy atom. The summed E-state index contributed by atoms with van der Waals surface area (Å²) in [5, 5.41) is 1.51. The highest BCUT2D eigenvalue weighted by Crippen LogP contribution is 2.36. The van der Waals surface area contributed by atoms with Gasteiger partial charge in [-0.25, -0.2) is 0 Å². The van der Waals surface area contributed by atoms with Gasteiger partial charge >= 0.3 is 5.97 Å². The third-order valence-electron chi connectivity index (χ3n) is 1.87. The summed E-state index contributed by atoms with van der Waals surface area (Å²) in [6.07, 6.45) is 0. The number of rotatable bonds is 3. The van der Waals surface area contributed by atoms with E-state index in [-0.39, 0.29) is 27.9 Å². The Balaban J connectivity index is 3.35. The van der Waals surface area contributed by atoms with Crippen LogP contribution < -0.4 is 10.1 Å². The molecule has 18 heavy (non-hydrogen) atoms. The maximum atomic E-state index is 11.1.